The van der Waals surface area contributed by atoms with Crippen molar-refractivity contribution in [1.82, 2.24) is 19.5 Å². The van der Waals surface area contributed by atoms with Gasteiger partial charge in [0, 0.05) is 0 Å². The van der Waals surface area contributed by atoms with Crippen molar-refractivity contribution in [2.45, 2.75) is 18.4 Å². The number of nitrogens with one attached hydrogen (secondary N) is 1. The fraction of sp³-hybridized carbons (Fsp3) is 0.364. The minimum Gasteiger partial charge on any atom is -0.393 e. The third-order valence-electron chi connectivity index (χ3n) is 3.26. The number of ether oxygens (including phenoxy) is 1. The van der Waals surface area contributed by atoms with Crippen LogP contribution in [0.25, 0.3) is 11.2 Å². The van der Waals surface area contributed by atoms with E-state index in [0.29, 0.717) is 5.57 Å². The van der Waals surface area contributed by atoms with Gasteiger partial charge in [0.2, 0.25) is 5.95 Å². The monoisotopic (exact) mass is 279 g/mol. The van der Waals surface area contributed by atoms with Gasteiger partial charge in [0.05, 0.1) is 12.9 Å². The number of hydrogen-bond acceptors (Lipinski definition) is 7. The maximum atomic E-state index is 11.7. The van der Waals surface area contributed by atoms with E-state index in [0.717, 1.165) is 0 Å². The lowest BCUT2D eigenvalue weighted by atomic mass is 10.1. The summed E-state index contributed by atoms with van der Waals surface area (Å²) >= 11 is 0. The van der Waals surface area contributed by atoms with Gasteiger partial charge in [-0.15, -0.1) is 0 Å². The SMILES string of the molecule is C=C1[C@H](CO)OC(n2cnc3c(=O)[nH]c(N)nc32)[C@@H]1O. The Morgan fingerprint density at radius 1 is 1.60 bits per heavy atom. The summed E-state index contributed by atoms with van der Waals surface area (Å²) in [6.07, 6.45) is -1.25. The normalized spacial score (nSPS) is 26.5. The molecule has 1 unspecified atom stereocenters. The van der Waals surface area contributed by atoms with Gasteiger partial charge in [-0.1, -0.05) is 6.58 Å². The van der Waals surface area contributed by atoms with Crippen molar-refractivity contribution >= 4 is 17.1 Å². The highest BCUT2D eigenvalue weighted by atomic mass is 16.5. The van der Waals surface area contributed by atoms with Gasteiger partial charge in [-0.25, -0.2) is 4.98 Å². The number of aromatic amines is 1. The molecule has 0 aromatic carbocycles. The molecule has 3 heterocycles. The number of nitrogens with zero attached hydrogens (tertiary/aromatic N) is 3. The summed E-state index contributed by atoms with van der Waals surface area (Å²) in [5.41, 5.74) is 5.67. The molecule has 20 heavy (non-hydrogen) atoms. The molecular formula is C11H13N5O4. The number of fused-ring (bicyclic) bond motifs is 1. The molecule has 1 saturated heterocycles. The minimum absolute atomic E-state index is 0.0609. The second-order valence-corrected chi connectivity index (χ2v) is 4.49. The number of aliphatic hydroxyl groups is 2. The van der Waals surface area contributed by atoms with Crippen molar-refractivity contribution in [1.29, 1.82) is 0 Å². The van der Waals surface area contributed by atoms with Crippen LogP contribution in [0.3, 0.4) is 0 Å². The summed E-state index contributed by atoms with van der Waals surface area (Å²) in [6.45, 7) is 3.38. The van der Waals surface area contributed by atoms with Crippen LogP contribution >= 0.6 is 0 Å². The zero-order chi connectivity index (χ0) is 14.4. The van der Waals surface area contributed by atoms with Crippen LogP contribution in [0.5, 0.6) is 0 Å². The molecule has 2 aromatic heterocycles. The van der Waals surface area contributed by atoms with Gasteiger partial charge in [-0.3, -0.25) is 14.3 Å². The van der Waals surface area contributed by atoms with E-state index in [1.54, 1.807) is 0 Å². The molecule has 0 bridgehead atoms. The smallest absolute Gasteiger partial charge is 0.280 e. The fourth-order valence-electron chi connectivity index (χ4n) is 2.21. The molecule has 0 aliphatic carbocycles. The Labute approximate surface area is 112 Å². The second kappa shape index (κ2) is 4.40. The van der Waals surface area contributed by atoms with E-state index in [4.69, 9.17) is 15.6 Å². The Morgan fingerprint density at radius 3 is 3.00 bits per heavy atom. The summed E-state index contributed by atoms with van der Waals surface area (Å²) < 4.78 is 6.89. The molecule has 0 radical (unpaired) electrons. The molecule has 3 atom stereocenters. The highest BCUT2D eigenvalue weighted by Crippen LogP contribution is 2.33. The molecular weight excluding hydrogens is 266 g/mol. The molecule has 1 fully saturated rings. The van der Waals surface area contributed by atoms with E-state index in [-0.39, 0.29) is 23.7 Å². The van der Waals surface area contributed by atoms with E-state index >= 15 is 0 Å². The van der Waals surface area contributed by atoms with E-state index in [1.165, 1.54) is 10.9 Å². The lowest BCUT2D eigenvalue weighted by molar-refractivity contribution is -0.0483. The van der Waals surface area contributed by atoms with Crippen LogP contribution in [-0.2, 0) is 4.74 Å². The van der Waals surface area contributed by atoms with Crippen LogP contribution in [0, 0.1) is 0 Å². The Kier molecular flexibility index (Phi) is 2.82. The Hall–Kier alpha value is -2.23. The number of rotatable bonds is 2. The van der Waals surface area contributed by atoms with Crippen molar-refractivity contribution in [2.24, 2.45) is 0 Å². The standard InChI is InChI=1S/C11H13N5O4/c1-4-5(2-17)20-10(7(4)18)16-3-13-6-8(16)14-11(12)15-9(6)19/h3,5,7,10,17-18H,1-2H2,(H3,12,14,15,19)/t5-,7+,10?/m0/s1. The molecule has 0 saturated carbocycles. The molecule has 0 amide bonds. The van der Waals surface area contributed by atoms with E-state index in [9.17, 15) is 9.90 Å². The van der Waals surface area contributed by atoms with Crippen molar-refractivity contribution in [3.63, 3.8) is 0 Å². The van der Waals surface area contributed by atoms with Gasteiger partial charge in [0.1, 0.15) is 12.2 Å². The quantitative estimate of drug-likeness (QED) is 0.491. The van der Waals surface area contributed by atoms with Gasteiger partial charge < -0.3 is 20.7 Å². The molecule has 1 aliphatic heterocycles. The Balaban J connectivity index is 2.12. The summed E-state index contributed by atoms with van der Waals surface area (Å²) in [5, 5.41) is 19.3. The molecule has 106 valence electrons. The lowest BCUT2D eigenvalue weighted by Gasteiger charge is -2.15. The number of H-pyrrole nitrogens is 1. The van der Waals surface area contributed by atoms with Crippen molar-refractivity contribution < 1.29 is 14.9 Å². The summed E-state index contributed by atoms with van der Waals surface area (Å²) in [5.74, 6) is -0.0609. The lowest BCUT2D eigenvalue weighted by Crippen LogP contribution is -2.21. The number of aliphatic hydroxyl groups excluding tert-OH is 2. The summed E-state index contributed by atoms with van der Waals surface area (Å²) in [6, 6.07) is 0. The van der Waals surface area contributed by atoms with Crippen molar-refractivity contribution in [3.8, 4) is 0 Å². The summed E-state index contributed by atoms with van der Waals surface area (Å²) in [4.78, 5) is 21.9. The highest BCUT2D eigenvalue weighted by Gasteiger charge is 2.39. The average Bonchev–Trinajstić information content (AvgIpc) is 2.93. The molecule has 5 N–H and O–H groups in total. The first-order valence-electron chi connectivity index (χ1n) is 5.88. The van der Waals surface area contributed by atoms with Gasteiger partial charge in [0.15, 0.2) is 17.4 Å². The fourth-order valence-corrected chi connectivity index (χ4v) is 2.21. The van der Waals surface area contributed by atoms with E-state index < -0.39 is 24.0 Å². The number of nitrogen functional groups attached to an aromatic ring is 1. The first-order valence-corrected chi connectivity index (χ1v) is 5.88. The van der Waals surface area contributed by atoms with Crippen molar-refractivity contribution in [2.75, 3.05) is 12.3 Å². The van der Waals surface area contributed by atoms with Crippen LogP contribution in [0.2, 0.25) is 0 Å². The van der Waals surface area contributed by atoms with Crippen LogP contribution in [0.4, 0.5) is 5.95 Å². The predicted octanol–water partition coefficient (Wildman–Crippen LogP) is -1.49. The molecule has 1 aliphatic rings. The molecule has 9 heteroatoms. The van der Waals surface area contributed by atoms with E-state index in [2.05, 4.69) is 21.5 Å². The topological polar surface area (TPSA) is 139 Å². The van der Waals surface area contributed by atoms with Gasteiger partial charge >= 0.3 is 0 Å². The molecule has 3 rings (SSSR count). The third kappa shape index (κ3) is 1.72. The third-order valence-corrected chi connectivity index (χ3v) is 3.26. The highest BCUT2D eigenvalue weighted by molar-refractivity contribution is 5.70. The number of anilines is 1. The summed E-state index contributed by atoms with van der Waals surface area (Å²) in [7, 11) is 0. The maximum Gasteiger partial charge on any atom is 0.280 e. The zero-order valence-electron chi connectivity index (χ0n) is 10.4. The number of aromatic nitrogens is 4. The van der Waals surface area contributed by atoms with Crippen LogP contribution < -0.4 is 11.3 Å². The average molecular weight is 279 g/mol. The predicted molar refractivity (Wildman–Crippen MR) is 68.7 cm³/mol. The Bertz CT molecular complexity index is 736. The molecule has 9 nitrogen and oxygen atoms in total. The molecule has 2 aromatic rings. The van der Waals surface area contributed by atoms with E-state index in [1.807, 2.05) is 0 Å². The zero-order valence-corrected chi connectivity index (χ0v) is 10.4. The minimum atomic E-state index is -1.04. The van der Waals surface area contributed by atoms with Crippen molar-refractivity contribution in [3.05, 3.63) is 28.8 Å². The van der Waals surface area contributed by atoms with Crippen LogP contribution in [0.1, 0.15) is 6.23 Å². The van der Waals surface area contributed by atoms with Gasteiger partial charge in [0.25, 0.3) is 5.56 Å². The van der Waals surface area contributed by atoms with Gasteiger partial charge in [-0.05, 0) is 5.57 Å². The largest absolute Gasteiger partial charge is 0.393 e. The maximum absolute atomic E-state index is 11.7. The van der Waals surface area contributed by atoms with Crippen LogP contribution in [0.15, 0.2) is 23.3 Å². The first-order chi connectivity index (χ1) is 9.52. The number of hydrogen-bond donors (Lipinski definition) is 4. The first kappa shape index (κ1) is 12.8. The number of nitrogens with two attached hydrogens (primary N) is 1. The van der Waals surface area contributed by atoms with Crippen LogP contribution in [-0.4, -0.2) is 48.5 Å². The number of imidazole rings is 1. The second-order valence-electron chi connectivity index (χ2n) is 4.49. The Morgan fingerprint density at radius 2 is 2.35 bits per heavy atom. The molecule has 0 spiro atoms. The van der Waals surface area contributed by atoms with Gasteiger partial charge in [-0.2, -0.15) is 4.98 Å².